The minimum atomic E-state index is -0.664. The molecule has 6 rings (SSSR count). The van der Waals surface area contributed by atoms with E-state index < -0.39 is 11.9 Å². The average Bonchev–Trinajstić information content (AvgIpc) is 3.28. The minimum absolute atomic E-state index is 0.0734. The van der Waals surface area contributed by atoms with E-state index in [1.54, 1.807) is 18.2 Å². The van der Waals surface area contributed by atoms with Crippen LogP contribution >= 0.6 is 0 Å². The van der Waals surface area contributed by atoms with E-state index in [-0.39, 0.29) is 42.5 Å². The zero-order chi connectivity index (χ0) is 28.5. The molecule has 0 bridgehead atoms. The Balaban J connectivity index is 0.978. The highest BCUT2D eigenvalue weighted by Gasteiger charge is 2.39. The molecule has 4 heterocycles. The van der Waals surface area contributed by atoms with Crippen molar-refractivity contribution in [3.63, 3.8) is 0 Å². The molecule has 10 heteroatoms. The van der Waals surface area contributed by atoms with E-state index in [0.717, 1.165) is 56.6 Å². The summed E-state index contributed by atoms with van der Waals surface area (Å²) in [7, 11) is 0. The Bertz CT molecular complexity index is 1400. The fraction of sp³-hybridized carbons (Fsp3) is 0.452. The number of fused-ring (bicyclic) bond motifs is 2. The first-order chi connectivity index (χ1) is 19.9. The Labute approximate surface area is 239 Å². The van der Waals surface area contributed by atoms with Crippen LogP contribution in [0.5, 0.6) is 0 Å². The second-order valence-corrected chi connectivity index (χ2v) is 11.5. The van der Waals surface area contributed by atoms with Gasteiger partial charge in [0.25, 0.3) is 5.91 Å². The minimum Gasteiger partial charge on any atom is -0.326 e. The van der Waals surface area contributed by atoms with Crippen LogP contribution in [-0.4, -0.2) is 71.6 Å². The molecule has 10 nitrogen and oxygen atoms in total. The molecule has 41 heavy (non-hydrogen) atoms. The second kappa shape index (κ2) is 11.4. The van der Waals surface area contributed by atoms with Crippen molar-refractivity contribution in [2.75, 3.05) is 36.4 Å². The monoisotopic (exact) mass is 557 g/mol. The van der Waals surface area contributed by atoms with Gasteiger partial charge in [0.1, 0.15) is 6.04 Å². The van der Waals surface area contributed by atoms with Crippen LogP contribution in [-0.2, 0) is 32.1 Å². The van der Waals surface area contributed by atoms with Gasteiger partial charge in [-0.3, -0.25) is 34.2 Å². The zero-order valence-electron chi connectivity index (χ0n) is 23.1. The van der Waals surface area contributed by atoms with Gasteiger partial charge in [0.2, 0.25) is 23.6 Å². The third-order valence-corrected chi connectivity index (χ3v) is 8.76. The molecule has 5 amide bonds. The first kappa shape index (κ1) is 27.1. The van der Waals surface area contributed by atoms with E-state index in [1.165, 1.54) is 10.5 Å². The van der Waals surface area contributed by atoms with Crippen molar-refractivity contribution in [3.05, 3.63) is 59.2 Å². The summed E-state index contributed by atoms with van der Waals surface area (Å²) in [6.45, 7) is 3.01. The van der Waals surface area contributed by atoms with E-state index >= 15 is 0 Å². The van der Waals surface area contributed by atoms with Crippen molar-refractivity contribution in [2.45, 2.75) is 57.5 Å². The van der Waals surface area contributed by atoms with E-state index in [9.17, 15) is 24.0 Å². The fourth-order valence-corrected chi connectivity index (χ4v) is 6.54. The van der Waals surface area contributed by atoms with Gasteiger partial charge in [0.05, 0.1) is 6.54 Å². The topological polar surface area (TPSA) is 119 Å². The number of hydrogen-bond acceptors (Lipinski definition) is 6. The van der Waals surface area contributed by atoms with Crippen molar-refractivity contribution >= 4 is 40.9 Å². The molecule has 1 unspecified atom stereocenters. The van der Waals surface area contributed by atoms with E-state index in [4.69, 9.17) is 0 Å². The predicted octanol–water partition coefficient (Wildman–Crippen LogP) is 2.47. The molecular formula is C31H35N5O5. The maximum Gasteiger partial charge on any atom is 0.255 e. The van der Waals surface area contributed by atoms with Gasteiger partial charge in [0, 0.05) is 42.9 Å². The molecule has 4 aliphatic rings. The molecule has 0 aliphatic carbocycles. The number of hydrogen-bond donors (Lipinski definition) is 2. The smallest absolute Gasteiger partial charge is 0.255 e. The van der Waals surface area contributed by atoms with Crippen molar-refractivity contribution in [3.8, 4) is 0 Å². The molecule has 214 valence electrons. The van der Waals surface area contributed by atoms with Crippen molar-refractivity contribution in [1.29, 1.82) is 0 Å². The van der Waals surface area contributed by atoms with Crippen LogP contribution < -0.4 is 15.5 Å². The van der Waals surface area contributed by atoms with Gasteiger partial charge in [-0.25, -0.2) is 0 Å². The number of carbonyl (C=O) groups excluding carboxylic acids is 5. The Kier molecular flexibility index (Phi) is 7.57. The quantitative estimate of drug-likeness (QED) is 0.527. The highest BCUT2D eigenvalue weighted by molar-refractivity contribution is 6.05. The summed E-state index contributed by atoms with van der Waals surface area (Å²) in [4.78, 5) is 68.2. The molecule has 0 aromatic heterocycles. The maximum absolute atomic E-state index is 13.1. The molecule has 4 aliphatic heterocycles. The van der Waals surface area contributed by atoms with Gasteiger partial charge in [0.15, 0.2) is 0 Å². The lowest BCUT2D eigenvalue weighted by molar-refractivity contribution is -0.137. The third-order valence-electron chi connectivity index (χ3n) is 8.76. The molecular weight excluding hydrogens is 522 g/mol. The number of para-hydroxylation sites is 1. The number of piperidine rings is 2. The molecule has 2 saturated heterocycles. The van der Waals surface area contributed by atoms with Crippen molar-refractivity contribution < 1.29 is 24.0 Å². The van der Waals surface area contributed by atoms with Crippen LogP contribution in [0.1, 0.15) is 60.0 Å². The average molecular weight is 558 g/mol. The standard InChI is InChI=1S/C31H35N5O5/c37-27-10-9-26(30(40)33-27)36-18-22-17-23(7-8-24(22)31(36)41)32-28(38)16-20-11-14-34(15-12-20)19-29(39)35-13-3-5-21-4-1-2-6-25(21)35/h1-2,4,6-8,17,20,26H,3,5,9-16,18-19H2,(H,32,38)(H,33,37,40). The highest BCUT2D eigenvalue weighted by atomic mass is 16.2. The summed E-state index contributed by atoms with van der Waals surface area (Å²) in [6.07, 6.45) is 4.64. The number of anilines is 2. The summed E-state index contributed by atoms with van der Waals surface area (Å²) >= 11 is 0. The number of amides is 5. The summed E-state index contributed by atoms with van der Waals surface area (Å²) < 4.78 is 0. The number of aryl methyl sites for hydroxylation is 1. The molecule has 0 saturated carbocycles. The molecule has 2 N–H and O–H groups in total. The molecule has 2 aromatic carbocycles. The summed E-state index contributed by atoms with van der Waals surface area (Å²) in [5, 5.41) is 5.28. The SMILES string of the molecule is O=C1CCC(N2Cc3cc(NC(=O)CC4CCN(CC(=O)N5CCCc6ccccc65)CC4)ccc3C2=O)C(=O)N1. The number of imide groups is 1. The number of rotatable bonds is 6. The predicted molar refractivity (Wildman–Crippen MR) is 152 cm³/mol. The largest absolute Gasteiger partial charge is 0.326 e. The van der Waals surface area contributed by atoms with Crippen molar-refractivity contribution in [2.24, 2.45) is 5.92 Å². The van der Waals surface area contributed by atoms with Crippen LogP contribution in [0.4, 0.5) is 11.4 Å². The van der Waals surface area contributed by atoms with E-state index in [2.05, 4.69) is 21.6 Å². The van der Waals surface area contributed by atoms with Gasteiger partial charge in [-0.1, -0.05) is 18.2 Å². The first-order valence-corrected chi connectivity index (χ1v) is 14.5. The number of benzene rings is 2. The Morgan fingerprint density at radius 1 is 0.927 bits per heavy atom. The van der Waals surface area contributed by atoms with Crippen LogP contribution in [0.2, 0.25) is 0 Å². The fourth-order valence-electron chi connectivity index (χ4n) is 6.54. The van der Waals surface area contributed by atoms with Gasteiger partial charge < -0.3 is 15.1 Å². The summed E-state index contributed by atoms with van der Waals surface area (Å²) in [6, 6.07) is 12.7. The molecule has 0 radical (unpaired) electrons. The van der Waals surface area contributed by atoms with Crippen LogP contribution in [0.15, 0.2) is 42.5 Å². The number of nitrogens with one attached hydrogen (secondary N) is 2. The lowest BCUT2D eigenvalue weighted by atomic mass is 9.93. The number of nitrogens with zero attached hydrogens (tertiary/aromatic N) is 3. The molecule has 2 fully saturated rings. The number of carbonyl (C=O) groups is 5. The maximum atomic E-state index is 13.1. The molecule has 2 aromatic rings. The van der Waals surface area contributed by atoms with Crippen LogP contribution in [0.3, 0.4) is 0 Å². The van der Waals surface area contributed by atoms with Gasteiger partial charge in [-0.15, -0.1) is 0 Å². The molecule has 0 spiro atoms. The third kappa shape index (κ3) is 5.74. The van der Waals surface area contributed by atoms with Gasteiger partial charge >= 0.3 is 0 Å². The Morgan fingerprint density at radius 3 is 2.54 bits per heavy atom. The van der Waals surface area contributed by atoms with E-state index in [1.807, 2.05) is 23.1 Å². The Hall–Kier alpha value is -4.05. The summed E-state index contributed by atoms with van der Waals surface area (Å²) in [5.74, 6) is -0.681. The first-order valence-electron chi connectivity index (χ1n) is 14.5. The van der Waals surface area contributed by atoms with Gasteiger partial charge in [-0.2, -0.15) is 0 Å². The van der Waals surface area contributed by atoms with Crippen LogP contribution in [0.25, 0.3) is 0 Å². The number of likely N-dealkylation sites (tertiary alicyclic amines) is 1. The van der Waals surface area contributed by atoms with Crippen LogP contribution in [0, 0.1) is 5.92 Å². The van der Waals surface area contributed by atoms with Gasteiger partial charge in [-0.05, 0) is 86.5 Å². The lowest BCUT2D eigenvalue weighted by Gasteiger charge is -2.34. The Morgan fingerprint density at radius 2 is 1.73 bits per heavy atom. The van der Waals surface area contributed by atoms with E-state index in [0.29, 0.717) is 30.6 Å². The normalized spacial score (nSPS) is 21.4. The van der Waals surface area contributed by atoms with Crippen molar-refractivity contribution in [1.82, 2.24) is 15.1 Å². The highest BCUT2D eigenvalue weighted by Crippen LogP contribution is 2.30. The second-order valence-electron chi connectivity index (χ2n) is 11.5. The molecule has 1 atom stereocenters. The zero-order valence-corrected chi connectivity index (χ0v) is 23.1. The lowest BCUT2D eigenvalue weighted by Crippen LogP contribution is -2.52. The summed E-state index contributed by atoms with van der Waals surface area (Å²) in [5.41, 5.74) is 4.17.